The molecule has 4 rings (SSSR count). The second kappa shape index (κ2) is 11.3. The molecule has 0 saturated carbocycles. The molecule has 0 aliphatic heterocycles. The Morgan fingerprint density at radius 1 is 0.905 bits per heavy atom. The second-order valence-corrected chi connectivity index (χ2v) is 12.4. The largest absolute Gasteiger partial charge is 0.481 e. The number of hydrogen-bond acceptors (Lipinski definition) is 6. The molecule has 0 bridgehead atoms. The lowest BCUT2D eigenvalue weighted by Gasteiger charge is -2.23. The summed E-state index contributed by atoms with van der Waals surface area (Å²) in [6, 6.07) is 16.0. The van der Waals surface area contributed by atoms with Crippen LogP contribution in [-0.4, -0.2) is 33.8 Å². The summed E-state index contributed by atoms with van der Waals surface area (Å²) in [4.78, 5) is 20.0. The lowest BCUT2D eigenvalue weighted by atomic mass is 9.83. The van der Waals surface area contributed by atoms with Crippen LogP contribution in [0.2, 0.25) is 0 Å². The lowest BCUT2D eigenvalue weighted by Crippen LogP contribution is -2.31. The van der Waals surface area contributed by atoms with E-state index in [0.29, 0.717) is 17.0 Å². The van der Waals surface area contributed by atoms with Gasteiger partial charge >= 0.3 is 12.1 Å². The Balaban J connectivity index is 1.69. The smallest absolute Gasteiger partial charge is 0.449 e. The summed E-state index contributed by atoms with van der Waals surface area (Å²) in [6.45, 7) is 7.31. The summed E-state index contributed by atoms with van der Waals surface area (Å²) >= 11 is 0. The first-order valence-corrected chi connectivity index (χ1v) is 14.4. The number of rotatable bonds is 9. The van der Waals surface area contributed by atoms with Crippen LogP contribution >= 0.6 is 0 Å². The van der Waals surface area contributed by atoms with E-state index in [-0.39, 0.29) is 28.6 Å². The second-order valence-electron chi connectivity index (χ2n) is 10.5. The van der Waals surface area contributed by atoms with Gasteiger partial charge in [0.1, 0.15) is 16.5 Å². The summed E-state index contributed by atoms with van der Waals surface area (Å²) in [5.74, 6) is -1.97. The Bertz CT molecular complexity index is 1710. The average molecular weight is 602 g/mol. The van der Waals surface area contributed by atoms with E-state index in [0.717, 1.165) is 27.6 Å². The Kier molecular flexibility index (Phi) is 8.34. The summed E-state index contributed by atoms with van der Waals surface area (Å²) < 4.78 is 73.3. The topological polar surface area (TPSA) is 114 Å². The van der Waals surface area contributed by atoms with Crippen molar-refractivity contribution in [2.45, 2.75) is 64.2 Å². The van der Waals surface area contributed by atoms with Crippen molar-refractivity contribution in [3.05, 3.63) is 101 Å². The summed E-state index contributed by atoms with van der Waals surface area (Å²) in [5, 5.41) is 9.60. The highest BCUT2D eigenvalue weighted by Crippen LogP contribution is 2.33. The van der Waals surface area contributed by atoms with Crippen LogP contribution in [0.15, 0.2) is 70.0 Å². The van der Waals surface area contributed by atoms with Gasteiger partial charge in [0.15, 0.2) is 0 Å². The zero-order valence-corrected chi connectivity index (χ0v) is 24.5. The normalized spacial score (nSPS) is 12.6. The van der Waals surface area contributed by atoms with E-state index in [1.807, 2.05) is 6.07 Å². The molecule has 0 unspecified atom stereocenters. The van der Waals surface area contributed by atoms with Crippen LogP contribution < -0.4 is 0 Å². The number of halogens is 3. The number of nitrogens with zero attached hydrogens (tertiary/aromatic N) is 3. The number of benzene rings is 2. The van der Waals surface area contributed by atoms with Gasteiger partial charge in [-0.05, 0) is 69.0 Å². The molecule has 1 N–H and O–H groups in total. The van der Waals surface area contributed by atoms with Crippen molar-refractivity contribution in [1.82, 2.24) is 14.3 Å². The van der Waals surface area contributed by atoms with Gasteiger partial charge in [-0.25, -0.2) is 18.4 Å². The predicted octanol–water partition coefficient (Wildman–Crippen LogP) is 6.43. The summed E-state index contributed by atoms with van der Waals surface area (Å²) in [7, 11) is -4.28. The van der Waals surface area contributed by atoms with Gasteiger partial charge in [0, 0.05) is 6.54 Å². The van der Waals surface area contributed by atoms with Crippen LogP contribution in [0.1, 0.15) is 53.7 Å². The maximum absolute atomic E-state index is 13.9. The molecule has 0 amide bonds. The van der Waals surface area contributed by atoms with Crippen molar-refractivity contribution in [2.75, 3.05) is 0 Å². The number of hydrogen-bond donors (Lipinski definition) is 1. The van der Waals surface area contributed by atoms with Gasteiger partial charge < -0.3 is 9.52 Å². The van der Waals surface area contributed by atoms with Crippen molar-refractivity contribution < 1.29 is 35.9 Å². The first-order chi connectivity index (χ1) is 19.5. The van der Waals surface area contributed by atoms with Crippen LogP contribution in [0.25, 0.3) is 11.1 Å². The SMILES string of the molecule is Cc1nc(C)c(S(=O)(=O)N(Cc2ccc(-c3cccc(C(C)(C)C(=O)O)c3)cc2)Cc2ccc(C(F)(F)F)o2)c(C)n1. The Morgan fingerprint density at radius 2 is 1.52 bits per heavy atom. The van der Waals surface area contributed by atoms with Crippen LogP contribution in [-0.2, 0) is 39.5 Å². The molecule has 8 nitrogen and oxygen atoms in total. The quantitative estimate of drug-likeness (QED) is 0.235. The molecule has 2 aromatic carbocycles. The molecule has 0 saturated heterocycles. The van der Waals surface area contributed by atoms with E-state index < -0.39 is 39.9 Å². The highest BCUT2D eigenvalue weighted by Gasteiger charge is 2.36. The molecule has 0 aliphatic rings. The number of carbonyl (C=O) groups is 1. The molecule has 0 fully saturated rings. The maximum atomic E-state index is 13.9. The van der Waals surface area contributed by atoms with E-state index >= 15 is 0 Å². The molecule has 12 heteroatoms. The van der Waals surface area contributed by atoms with E-state index in [2.05, 4.69) is 9.97 Å². The van der Waals surface area contributed by atoms with Crippen LogP contribution in [0.4, 0.5) is 13.2 Å². The molecule has 2 aromatic heterocycles. The summed E-state index contributed by atoms with van der Waals surface area (Å²) in [5.41, 5.74) is 2.08. The van der Waals surface area contributed by atoms with Gasteiger partial charge in [-0.3, -0.25) is 4.79 Å². The predicted molar refractivity (Wildman–Crippen MR) is 149 cm³/mol. The van der Waals surface area contributed by atoms with Crippen molar-refractivity contribution in [1.29, 1.82) is 0 Å². The van der Waals surface area contributed by atoms with E-state index in [1.54, 1.807) is 63.2 Å². The standard InChI is InChI=1S/C30H30F3N3O5S/c1-18-27(19(2)35-20(3)34-18)42(39,40)36(17-25-13-14-26(41-25)30(31,32)33)16-21-9-11-22(12-10-21)23-7-6-8-24(15-23)29(4,5)28(37)38/h6-15H,16-17H2,1-5H3,(H,37,38). The monoisotopic (exact) mass is 601 g/mol. The number of aliphatic carboxylic acids is 1. The van der Waals surface area contributed by atoms with Gasteiger partial charge in [-0.15, -0.1) is 0 Å². The minimum absolute atomic E-state index is 0.120. The van der Waals surface area contributed by atoms with Crippen molar-refractivity contribution in [3.8, 4) is 11.1 Å². The van der Waals surface area contributed by atoms with Gasteiger partial charge in [-0.2, -0.15) is 17.5 Å². The van der Waals surface area contributed by atoms with E-state index in [1.165, 1.54) is 13.8 Å². The Labute approximate surface area is 241 Å². The van der Waals surface area contributed by atoms with Crippen molar-refractivity contribution in [3.63, 3.8) is 0 Å². The molecule has 0 spiro atoms. The minimum Gasteiger partial charge on any atom is -0.481 e. The fourth-order valence-electron chi connectivity index (χ4n) is 4.61. The van der Waals surface area contributed by atoms with Gasteiger partial charge in [0.25, 0.3) is 0 Å². The zero-order chi connectivity index (χ0) is 31.0. The number of aryl methyl sites for hydroxylation is 3. The number of alkyl halides is 3. The van der Waals surface area contributed by atoms with Gasteiger partial charge in [0.05, 0.1) is 23.3 Å². The molecular formula is C30H30F3N3O5S. The fourth-order valence-corrected chi connectivity index (χ4v) is 6.32. The highest BCUT2D eigenvalue weighted by atomic mass is 32.2. The Hall–Kier alpha value is -4.03. The number of aromatic nitrogens is 2. The number of sulfonamides is 1. The highest BCUT2D eigenvalue weighted by molar-refractivity contribution is 7.89. The van der Waals surface area contributed by atoms with E-state index in [9.17, 15) is 31.5 Å². The summed E-state index contributed by atoms with van der Waals surface area (Å²) in [6.07, 6.45) is -4.72. The van der Waals surface area contributed by atoms with Crippen LogP contribution in [0.5, 0.6) is 0 Å². The Morgan fingerprint density at radius 3 is 2.07 bits per heavy atom. The number of furan rings is 1. The molecule has 4 aromatic rings. The zero-order valence-electron chi connectivity index (χ0n) is 23.7. The van der Waals surface area contributed by atoms with Crippen molar-refractivity contribution in [2.24, 2.45) is 0 Å². The van der Waals surface area contributed by atoms with Crippen molar-refractivity contribution >= 4 is 16.0 Å². The first-order valence-electron chi connectivity index (χ1n) is 12.9. The molecule has 222 valence electrons. The van der Waals surface area contributed by atoms with Crippen LogP contribution in [0, 0.1) is 20.8 Å². The van der Waals surface area contributed by atoms with Gasteiger partial charge in [-0.1, -0.05) is 48.5 Å². The molecular weight excluding hydrogens is 571 g/mol. The third-order valence-electron chi connectivity index (χ3n) is 6.95. The maximum Gasteiger partial charge on any atom is 0.449 e. The molecule has 0 atom stereocenters. The average Bonchev–Trinajstić information content (AvgIpc) is 3.37. The number of carboxylic acid groups (broad SMARTS) is 1. The van der Waals surface area contributed by atoms with E-state index in [4.69, 9.17) is 4.42 Å². The third-order valence-corrected chi connectivity index (χ3v) is 9.00. The number of carboxylic acids is 1. The minimum atomic E-state index is -4.72. The lowest BCUT2D eigenvalue weighted by molar-refractivity contribution is -0.153. The molecule has 42 heavy (non-hydrogen) atoms. The molecule has 0 aliphatic carbocycles. The van der Waals surface area contributed by atoms with Crippen LogP contribution in [0.3, 0.4) is 0 Å². The molecule has 0 radical (unpaired) electrons. The first kappa shape index (κ1) is 30.9. The fraction of sp³-hybridized carbons (Fsp3) is 0.300. The molecule has 2 heterocycles. The third kappa shape index (κ3) is 6.39. The van der Waals surface area contributed by atoms with Gasteiger partial charge in [0.2, 0.25) is 15.8 Å².